The Kier molecular flexibility index (Phi) is 4.58. The summed E-state index contributed by atoms with van der Waals surface area (Å²) in [4.78, 5) is 24.4. The summed E-state index contributed by atoms with van der Waals surface area (Å²) in [6.45, 7) is 0.590. The maximum absolute atomic E-state index is 12.6. The number of amides is 1. The third kappa shape index (κ3) is 3.15. The van der Waals surface area contributed by atoms with E-state index in [1.54, 1.807) is 11.4 Å². The van der Waals surface area contributed by atoms with E-state index in [2.05, 4.69) is 5.10 Å². The SMILES string of the molecule is Cn1ncc([N+](=O)[O-])c1C(=O)N1CCN(S(=O)(=O)c2cccs2)CC1. The lowest BCUT2D eigenvalue weighted by atomic mass is 10.3. The van der Waals surface area contributed by atoms with Gasteiger partial charge in [0, 0.05) is 33.2 Å². The van der Waals surface area contributed by atoms with Gasteiger partial charge in [-0.05, 0) is 11.4 Å². The molecule has 25 heavy (non-hydrogen) atoms. The van der Waals surface area contributed by atoms with Crippen LogP contribution in [0.15, 0.2) is 27.9 Å². The van der Waals surface area contributed by atoms with Gasteiger partial charge in [-0.3, -0.25) is 19.6 Å². The molecule has 3 rings (SSSR count). The van der Waals surface area contributed by atoms with E-state index in [1.807, 2.05) is 0 Å². The van der Waals surface area contributed by atoms with Crippen LogP contribution in [-0.4, -0.2) is 64.4 Å². The molecule has 0 bridgehead atoms. The second kappa shape index (κ2) is 6.54. The Morgan fingerprint density at radius 2 is 2.00 bits per heavy atom. The number of nitrogens with zero attached hydrogens (tertiary/aromatic N) is 5. The van der Waals surface area contributed by atoms with Gasteiger partial charge in [-0.2, -0.15) is 9.40 Å². The molecule has 0 radical (unpaired) electrons. The Bertz CT molecular complexity index is 897. The Labute approximate surface area is 147 Å². The molecule has 0 atom stereocenters. The van der Waals surface area contributed by atoms with E-state index >= 15 is 0 Å². The van der Waals surface area contributed by atoms with E-state index in [-0.39, 0.29) is 41.8 Å². The summed E-state index contributed by atoms with van der Waals surface area (Å²) >= 11 is 1.14. The number of hydrogen-bond acceptors (Lipinski definition) is 7. The molecule has 0 N–H and O–H groups in total. The molecule has 134 valence electrons. The van der Waals surface area contributed by atoms with Crippen molar-refractivity contribution in [1.82, 2.24) is 19.0 Å². The van der Waals surface area contributed by atoms with Crippen LogP contribution in [-0.2, 0) is 17.1 Å². The first-order valence-corrected chi connectivity index (χ1v) is 9.63. The Balaban J connectivity index is 1.74. The van der Waals surface area contributed by atoms with E-state index in [4.69, 9.17) is 0 Å². The van der Waals surface area contributed by atoms with Crippen molar-refractivity contribution < 1.29 is 18.1 Å². The molecule has 1 aliphatic heterocycles. The molecular weight excluding hydrogens is 370 g/mol. The molecule has 0 saturated carbocycles. The predicted octanol–water partition coefficient (Wildman–Crippen LogP) is 0.537. The van der Waals surface area contributed by atoms with Gasteiger partial charge in [0.2, 0.25) is 5.69 Å². The lowest BCUT2D eigenvalue weighted by Crippen LogP contribution is -2.50. The zero-order valence-corrected chi connectivity index (χ0v) is 14.9. The predicted molar refractivity (Wildman–Crippen MR) is 88.8 cm³/mol. The highest BCUT2D eigenvalue weighted by molar-refractivity contribution is 7.91. The smallest absolute Gasteiger partial charge is 0.320 e. The summed E-state index contributed by atoms with van der Waals surface area (Å²) in [6.07, 6.45) is 1.03. The molecule has 1 saturated heterocycles. The minimum atomic E-state index is -3.56. The third-order valence-corrected chi connectivity index (χ3v) is 7.21. The van der Waals surface area contributed by atoms with Crippen LogP contribution in [0.1, 0.15) is 10.5 Å². The van der Waals surface area contributed by atoms with Gasteiger partial charge in [-0.1, -0.05) is 6.07 Å². The van der Waals surface area contributed by atoms with E-state index in [9.17, 15) is 23.3 Å². The monoisotopic (exact) mass is 385 g/mol. The van der Waals surface area contributed by atoms with Crippen molar-refractivity contribution in [2.45, 2.75) is 4.21 Å². The normalized spacial score (nSPS) is 16.1. The number of carbonyl (C=O) groups is 1. The minimum Gasteiger partial charge on any atom is -0.334 e. The number of piperazine rings is 1. The highest BCUT2D eigenvalue weighted by Gasteiger charge is 2.34. The van der Waals surface area contributed by atoms with Crippen LogP contribution in [0.2, 0.25) is 0 Å². The molecule has 0 unspecified atom stereocenters. The highest BCUT2D eigenvalue weighted by Crippen LogP contribution is 2.24. The highest BCUT2D eigenvalue weighted by atomic mass is 32.2. The maximum atomic E-state index is 12.6. The number of sulfonamides is 1. The first-order valence-electron chi connectivity index (χ1n) is 7.31. The summed E-state index contributed by atoms with van der Waals surface area (Å²) in [7, 11) is -2.11. The summed E-state index contributed by atoms with van der Waals surface area (Å²) in [5, 5.41) is 16.5. The molecule has 0 aromatic carbocycles. The first kappa shape index (κ1) is 17.5. The quantitative estimate of drug-likeness (QED) is 0.560. The van der Waals surface area contributed by atoms with Crippen molar-refractivity contribution in [1.29, 1.82) is 0 Å². The summed E-state index contributed by atoms with van der Waals surface area (Å²) in [6, 6.07) is 3.20. The van der Waals surface area contributed by atoms with Crippen LogP contribution in [0.4, 0.5) is 5.69 Å². The van der Waals surface area contributed by atoms with E-state index < -0.39 is 20.9 Å². The van der Waals surface area contributed by atoms with Gasteiger partial charge in [-0.25, -0.2) is 8.42 Å². The largest absolute Gasteiger partial charge is 0.334 e. The minimum absolute atomic E-state index is 0.112. The summed E-state index contributed by atoms with van der Waals surface area (Å²) < 4.78 is 27.7. The average molecular weight is 385 g/mol. The number of aryl methyl sites for hydroxylation is 1. The van der Waals surface area contributed by atoms with Crippen LogP contribution >= 0.6 is 11.3 Å². The van der Waals surface area contributed by atoms with Crippen molar-refractivity contribution in [3.8, 4) is 0 Å². The van der Waals surface area contributed by atoms with Crippen molar-refractivity contribution in [2.75, 3.05) is 26.2 Å². The molecule has 0 spiro atoms. The molecule has 1 amide bonds. The standard InChI is InChI=1S/C13H15N5O5S2/c1-15-12(10(9-14-15)18(20)21)13(19)16-4-6-17(7-5-16)25(22,23)11-3-2-8-24-11/h2-3,8-9H,4-7H2,1H3. The molecule has 1 aliphatic rings. The van der Waals surface area contributed by atoms with Crippen molar-refractivity contribution in [3.05, 3.63) is 39.5 Å². The molecule has 0 aliphatic carbocycles. The second-order valence-electron chi connectivity index (χ2n) is 5.39. The maximum Gasteiger partial charge on any atom is 0.320 e. The topological polar surface area (TPSA) is 119 Å². The van der Waals surface area contributed by atoms with E-state index in [0.29, 0.717) is 0 Å². The summed E-state index contributed by atoms with van der Waals surface area (Å²) in [5.74, 6) is -0.528. The molecule has 12 heteroatoms. The van der Waals surface area contributed by atoms with Gasteiger partial charge >= 0.3 is 5.69 Å². The fourth-order valence-corrected chi connectivity index (χ4v) is 5.19. The fraction of sp³-hybridized carbons (Fsp3) is 0.385. The number of aromatic nitrogens is 2. The fourth-order valence-electron chi connectivity index (χ4n) is 2.63. The van der Waals surface area contributed by atoms with Gasteiger partial charge in [0.1, 0.15) is 10.4 Å². The Morgan fingerprint density at radius 1 is 1.32 bits per heavy atom. The van der Waals surface area contributed by atoms with Gasteiger partial charge in [0.25, 0.3) is 15.9 Å². The zero-order chi connectivity index (χ0) is 18.2. The molecule has 10 nitrogen and oxygen atoms in total. The summed E-state index contributed by atoms with van der Waals surface area (Å²) in [5.41, 5.74) is -0.472. The number of rotatable bonds is 4. The lowest BCUT2D eigenvalue weighted by molar-refractivity contribution is -0.385. The zero-order valence-electron chi connectivity index (χ0n) is 13.2. The van der Waals surface area contributed by atoms with Crippen molar-refractivity contribution in [3.63, 3.8) is 0 Å². The number of carbonyl (C=O) groups excluding carboxylic acids is 1. The second-order valence-corrected chi connectivity index (χ2v) is 8.50. The molecule has 3 heterocycles. The van der Waals surface area contributed by atoms with Crippen molar-refractivity contribution in [2.24, 2.45) is 7.05 Å². The third-order valence-electron chi connectivity index (χ3n) is 3.93. The molecule has 2 aromatic heterocycles. The van der Waals surface area contributed by atoms with Gasteiger partial charge in [-0.15, -0.1) is 11.3 Å². The van der Waals surface area contributed by atoms with E-state index in [1.165, 1.54) is 22.3 Å². The van der Waals surface area contributed by atoms with Crippen LogP contribution in [0.3, 0.4) is 0 Å². The van der Waals surface area contributed by atoms with Gasteiger partial charge in [0.05, 0.1) is 4.92 Å². The average Bonchev–Trinajstić information content (AvgIpc) is 3.24. The molecule has 2 aromatic rings. The number of nitro groups is 1. The van der Waals surface area contributed by atoms with Crippen LogP contribution in [0.5, 0.6) is 0 Å². The van der Waals surface area contributed by atoms with E-state index in [0.717, 1.165) is 22.2 Å². The number of thiophene rings is 1. The molecule has 1 fully saturated rings. The van der Waals surface area contributed by atoms with Gasteiger partial charge < -0.3 is 4.90 Å². The Morgan fingerprint density at radius 3 is 2.56 bits per heavy atom. The number of hydrogen-bond donors (Lipinski definition) is 0. The van der Waals surface area contributed by atoms with Gasteiger partial charge in [0.15, 0.2) is 0 Å². The van der Waals surface area contributed by atoms with Crippen LogP contribution < -0.4 is 0 Å². The van der Waals surface area contributed by atoms with Crippen LogP contribution in [0.25, 0.3) is 0 Å². The van der Waals surface area contributed by atoms with Crippen LogP contribution in [0, 0.1) is 10.1 Å². The molecular formula is C13H15N5O5S2. The van der Waals surface area contributed by atoms with Crippen molar-refractivity contribution >= 4 is 33.0 Å². The lowest BCUT2D eigenvalue weighted by Gasteiger charge is -2.33. The Hall–Kier alpha value is -2.31. The first-order chi connectivity index (χ1) is 11.8.